The van der Waals surface area contributed by atoms with Gasteiger partial charge in [0.15, 0.2) is 0 Å². The Morgan fingerprint density at radius 1 is 1.41 bits per heavy atom. The van der Waals surface area contributed by atoms with Gasteiger partial charge in [0.25, 0.3) is 5.91 Å². The molecule has 0 aromatic carbocycles. The molecule has 1 heterocycles. The van der Waals surface area contributed by atoms with Crippen LogP contribution in [0.3, 0.4) is 0 Å². The largest absolute Gasteiger partial charge is 0.481 e. The number of carbonyl (C=O) groups excluding carboxylic acids is 1. The standard InChI is InChI=1S/C16H25N3O3/c1-12(2)11-18(9-8-15(20)21)16(22)14-7-10-19(17-14)13-5-3-4-6-13/h7,10,12-13H,3-6,8-9,11H2,1-2H3,(H,20,21). The minimum atomic E-state index is -0.891. The van der Waals surface area contributed by atoms with Crippen LogP contribution >= 0.6 is 0 Å². The van der Waals surface area contributed by atoms with Crippen molar-refractivity contribution < 1.29 is 14.7 Å². The lowest BCUT2D eigenvalue weighted by Gasteiger charge is -2.23. The maximum Gasteiger partial charge on any atom is 0.305 e. The SMILES string of the molecule is CC(C)CN(CCC(=O)O)C(=O)c1ccn(C2CCCC2)n1. The molecule has 0 radical (unpaired) electrons. The van der Waals surface area contributed by atoms with E-state index in [1.165, 1.54) is 12.8 Å². The zero-order valence-electron chi connectivity index (χ0n) is 13.4. The van der Waals surface area contributed by atoms with Gasteiger partial charge in [0.2, 0.25) is 0 Å². The number of rotatable bonds is 7. The molecule has 6 nitrogen and oxygen atoms in total. The molecule has 6 heteroatoms. The van der Waals surface area contributed by atoms with E-state index in [9.17, 15) is 9.59 Å². The molecule has 1 fully saturated rings. The van der Waals surface area contributed by atoms with Crippen molar-refractivity contribution >= 4 is 11.9 Å². The van der Waals surface area contributed by atoms with Crippen LogP contribution < -0.4 is 0 Å². The summed E-state index contributed by atoms with van der Waals surface area (Å²) in [5, 5.41) is 13.3. The minimum absolute atomic E-state index is 0.0399. The summed E-state index contributed by atoms with van der Waals surface area (Å²) in [5.74, 6) is -0.778. The molecule has 2 rings (SSSR count). The zero-order valence-corrected chi connectivity index (χ0v) is 13.4. The van der Waals surface area contributed by atoms with E-state index in [0.29, 0.717) is 18.3 Å². The number of carboxylic acid groups (broad SMARTS) is 1. The molecule has 1 saturated carbocycles. The van der Waals surface area contributed by atoms with E-state index < -0.39 is 5.97 Å². The molecule has 1 aromatic heterocycles. The van der Waals surface area contributed by atoms with Gasteiger partial charge in [0, 0.05) is 19.3 Å². The Kier molecular flexibility index (Phi) is 5.57. The number of hydrogen-bond acceptors (Lipinski definition) is 3. The lowest BCUT2D eigenvalue weighted by molar-refractivity contribution is -0.137. The van der Waals surface area contributed by atoms with E-state index in [0.717, 1.165) is 12.8 Å². The third-order valence-corrected chi connectivity index (χ3v) is 3.99. The summed E-state index contributed by atoms with van der Waals surface area (Å²) in [5.41, 5.74) is 0.415. The molecule has 0 spiro atoms. The van der Waals surface area contributed by atoms with Crippen molar-refractivity contribution in [3.63, 3.8) is 0 Å². The Labute approximate surface area is 131 Å². The fourth-order valence-electron chi connectivity index (χ4n) is 2.93. The van der Waals surface area contributed by atoms with E-state index in [2.05, 4.69) is 5.10 Å². The summed E-state index contributed by atoms with van der Waals surface area (Å²) < 4.78 is 1.89. The van der Waals surface area contributed by atoms with Gasteiger partial charge in [-0.05, 0) is 24.8 Å². The lowest BCUT2D eigenvalue weighted by Crippen LogP contribution is -2.36. The Balaban J connectivity index is 2.06. The summed E-state index contributed by atoms with van der Waals surface area (Å²) in [6.07, 6.45) is 6.49. The molecule has 1 amide bonds. The van der Waals surface area contributed by atoms with Crippen LogP contribution in [0.15, 0.2) is 12.3 Å². The van der Waals surface area contributed by atoms with Gasteiger partial charge in [0.1, 0.15) is 5.69 Å². The number of carbonyl (C=O) groups is 2. The normalized spacial score (nSPS) is 15.4. The van der Waals surface area contributed by atoms with Gasteiger partial charge in [-0.3, -0.25) is 14.3 Å². The maximum atomic E-state index is 12.6. The summed E-state index contributed by atoms with van der Waals surface area (Å²) in [6.45, 7) is 4.79. The van der Waals surface area contributed by atoms with Crippen LogP contribution in [0, 0.1) is 5.92 Å². The molecule has 0 unspecified atom stereocenters. The smallest absolute Gasteiger partial charge is 0.305 e. The maximum absolute atomic E-state index is 12.6. The van der Waals surface area contributed by atoms with Gasteiger partial charge in [-0.25, -0.2) is 0 Å². The quantitative estimate of drug-likeness (QED) is 0.840. The summed E-state index contributed by atoms with van der Waals surface area (Å²) in [7, 11) is 0. The molecule has 0 aliphatic heterocycles. The number of aromatic nitrogens is 2. The second-order valence-electron chi connectivity index (χ2n) is 6.41. The molecule has 1 aromatic rings. The topological polar surface area (TPSA) is 75.4 Å². The second-order valence-corrected chi connectivity index (χ2v) is 6.41. The minimum Gasteiger partial charge on any atom is -0.481 e. The van der Waals surface area contributed by atoms with Crippen molar-refractivity contribution in [3.05, 3.63) is 18.0 Å². The second kappa shape index (κ2) is 7.42. The Morgan fingerprint density at radius 2 is 2.09 bits per heavy atom. The Bertz CT molecular complexity index is 518. The predicted octanol–water partition coefficient (Wildman–Crippen LogP) is 2.57. The summed E-state index contributed by atoms with van der Waals surface area (Å²) in [4.78, 5) is 24.9. The predicted molar refractivity (Wildman–Crippen MR) is 82.7 cm³/mol. The van der Waals surface area contributed by atoms with Crippen molar-refractivity contribution in [2.24, 2.45) is 5.92 Å². The van der Waals surface area contributed by atoms with Crippen LogP contribution in [-0.4, -0.2) is 44.8 Å². The van der Waals surface area contributed by atoms with E-state index in [-0.39, 0.29) is 24.8 Å². The fourth-order valence-corrected chi connectivity index (χ4v) is 2.93. The highest BCUT2D eigenvalue weighted by molar-refractivity contribution is 5.92. The van der Waals surface area contributed by atoms with Gasteiger partial charge < -0.3 is 10.0 Å². The third kappa shape index (κ3) is 4.32. The number of nitrogens with zero attached hydrogens (tertiary/aromatic N) is 3. The number of aliphatic carboxylic acids is 1. The van der Waals surface area contributed by atoms with Gasteiger partial charge in [-0.15, -0.1) is 0 Å². The number of carboxylic acids is 1. The van der Waals surface area contributed by atoms with Crippen molar-refractivity contribution in [1.29, 1.82) is 0 Å². The first kappa shape index (κ1) is 16.5. The Hall–Kier alpha value is -1.85. The van der Waals surface area contributed by atoms with Gasteiger partial charge >= 0.3 is 5.97 Å². The number of amides is 1. The van der Waals surface area contributed by atoms with E-state index in [1.807, 2.05) is 24.7 Å². The highest BCUT2D eigenvalue weighted by atomic mass is 16.4. The molecule has 0 bridgehead atoms. The van der Waals surface area contributed by atoms with Crippen molar-refractivity contribution in [3.8, 4) is 0 Å². The van der Waals surface area contributed by atoms with Crippen LogP contribution in [0.2, 0.25) is 0 Å². The molecule has 1 aliphatic carbocycles. The third-order valence-electron chi connectivity index (χ3n) is 3.99. The first-order valence-electron chi connectivity index (χ1n) is 8.03. The van der Waals surface area contributed by atoms with Crippen LogP contribution in [0.25, 0.3) is 0 Å². The van der Waals surface area contributed by atoms with Gasteiger partial charge in [-0.1, -0.05) is 26.7 Å². The van der Waals surface area contributed by atoms with Crippen LogP contribution in [0.1, 0.15) is 62.5 Å². The van der Waals surface area contributed by atoms with Gasteiger partial charge in [-0.2, -0.15) is 5.10 Å². The summed E-state index contributed by atoms with van der Waals surface area (Å²) in [6, 6.07) is 2.15. The monoisotopic (exact) mass is 307 g/mol. The molecule has 0 atom stereocenters. The molecule has 22 heavy (non-hydrogen) atoms. The van der Waals surface area contributed by atoms with Crippen LogP contribution in [0.5, 0.6) is 0 Å². The van der Waals surface area contributed by atoms with Crippen molar-refractivity contribution in [2.75, 3.05) is 13.1 Å². The molecule has 122 valence electrons. The van der Waals surface area contributed by atoms with E-state index >= 15 is 0 Å². The molecular weight excluding hydrogens is 282 g/mol. The molecule has 0 saturated heterocycles. The van der Waals surface area contributed by atoms with Crippen molar-refractivity contribution in [1.82, 2.24) is 14.7 Å². The van der Waals surface area contributed by atoms with Crippen LogP contribution in [0.4, 0.5) is 0 Å². The first-order valence-corrected chi connectivity index (χ1v) is 8.03. The fraction of sp³-hybridized carbons (Fsp3) is 0.688. The highest BCUT2D eigenvalue weighted by Gasteiger charge is 2.23. The average molecular weight is 307 g/mol. The van der Waals surface area contributed by atoms with Gasteiger partial charge in [0.05, 0.1) is 12.5 Å². The molecule has 1 aliphatic rings. The highest BCUT2D eigenvalue weighted by Crippen LogP contribution is 2.28. The first-order chi connectivity index (χ1) is 10.5. The lowest BCUT2D eigenvalue weighted by atomic mass is 10.2. The number of hydrogen-bond donors (Lipinski definition) is 1. The van der Waals surface area contributed by atoms with Crippen molar-refractivity contribution in [2.45, 2.75) is 52.0 Å². The van der Waals surface area contributed by atoms with Crippen LogP contribution in [-0.2, 0) is 4.79 Å². The average Bonchev–Trinajstić information content (AvgIpc) is 3.11. The summed E-state index contributed by atoms with van der Waals surface area (Å²) >= 11 is 0. The Morgan fingerprint density at radius 3 is 2.68 bits per heavy atom. The molecule has 1 N–H and O–H groups in total. The van der Waals surface area contributed by atoms with E-state index in [1.54, 1.807) is 11.0 Å². The zero-order chi connectivity index (χ0) is 16.1. The molecular formula is C16H25N3O3. The van der Waals surface area contributed by atoms with E-state index in [4.69, 9.17) is 5.11 Å².